The molecule has 7 heteroatoms. The number of hydrogen-bond donors (Lipinski definition) is 2. The topological polar surface area (TPSA) is 58.6 Å². The van der Waals surface area contributed by atoms with E-state index in [1.165, 1.54) is 19.1 Å². The maximum Gasteiger partial charge on any atom is 0.416 e. The monoisotopic (exact) mass is 333 g/mol. The van der Waals surface area contributed by atoms with Gasteiger partial charge in [0.25, 0.3) is 0 Å². The van der Waals surface area contributed by atoms with Crippen molar-refractivity contribution in [1.29, 1.82) is 0 Å². The quantitative estimate of drug-likeness (QED) is 0.886. The number of hydrogen-bond acceptors (Lipinski definition) is 3. The van der Waals surface area contributed by atoms with Gasteiger partial charge in [-0.15, -0.1) is 0 Å². The van der Waals surface area contributed by atoms with E-state index in [0.29, 0.717) is 5.56 Å². The summed E-state index contributed by atoms with van der Waals surface area (Å²) in [7, 11) is 0. The van der Waals surface area contributed by atoms with Gasteiger partial charge in [0.15, 0.2) is 0 Å². The van der Waals surface area contributed by atoms with Crippen LogP contribution in [0.3, 0.4) is 0 Å². The Labute approximate surface area is 133 Å². The first-order valence-corrected chi connectivity index (χ1v) is 7.22. The van der Waals surface area contributed by atoms with Crippen LogP contribution in [0.2, 0.25) is 0 Å². The van der Waals surface area contributed by atoms with E-state index < -0.39 is 35.6 Å². The van der Waals surface area contributed by atoms with Crippen LogP contribution >= 0.6 is 0 Å². The smallest absolute Gasteiger partial charge is 0.416 e. The number of amides is 1. The van der Waals surface area contributed by atoms with Crippen molar-refractivity contribution in [3.63, 3.8) is 0 Å². The summed E-state index contributed by atoms with van der Waals surface area (Å²) in [4.78, 5) is 11.8. The van der Waals surface area contributed by atoms with Crippen LogP contribution in [0, 0.1) is 0 Å². The largest absolute Gasteiger partial charge is 0.444 e. The zero-order valence-electron chi connectivity index (χ0n) is 13.6. The Morgan fingerprint density at radius 1 is 1.22 bits per heavy atom. The summed E-state index contributed by atoms with van der Waals surface area (Å²) in [6.45, 7) is 6.62. The SMILES string of the molecule is C[C@@H](O)[C@H](Cc1ccc(C(F)(F)F)cc1)NC(=O)OC(C)(C)C. The minimum absolute atomic E-state index is 0.190. The summed E-state index contributed by atoms with van der Waals surface area (Å²) in [6, 6.07) is 3.94. The first kappa shape index (κ1) is 19.3. The average molecular weight is 333 g/mol. The molecule has 0 spiro atoms. The van der Waals surface area contributed by atoms with E-state index in [-0.39, 0.29) is 6.42 Å². The minimum Gasteiger partial charge on any atom is -0.444 e. The van der Waals surface area contributed by atoms with E-state index >= 15 is 0 Å². The van der Waals surface area contributed by atoms with E-state index in [0.717, 1.165) is 12.1 Å². The number of nitrogens with one attached hydrogen (secondary N) is 1. The average Bonchev–Trinajstić information content (AvgIpc) is 2.35. The lowest BCUT2D eigenvalue weighted by atomic mass is 10.0. The number of carbonyl (C=O) groups is 1. The summed E-state index contributed by atoms with van der Waals surface area (Å²) in [5.74, 6) is 0. The summed E-state index contributed by atoms with van der Waals surface area (Å²) >= 11 is 0. The number of aliphatic hydroxyl groups is 1. The number of aliphatic hydroxyl groups excluding tert-OH is 1. The third-order valence-electron chi connectivity index (χ3n) is 3.02. The van der Waals surface area contributed by atoms with Crippen molar-refractivity contribution in [3.8, 4) is 0 Å². The molecule has 0 radical (unpaired) electrons. The van der Waals surface area contributed by atoms with Crippen LogP contribution in [0.5, 0.6) is 0 Å². The van der Waals surface area contributed by atoms with Gasteiger partial charge in [0, 0.05) is 0 Å². The fourth-order valence-corrected chi connectivity index (χ4v) is 1.88. The molecule has 0 unspecified atom stereocenters. The van der Waals surface area contributed by atoms with Crippen LogP contribution in [0.4, 0.5) is 18.0 Å². The third kappa shape index (κ3) is 6.90. The molecule has 0 aliphatic rings. The first-order chi connectivity index (χ1) is 10.4. The molecule has 0 bridgehead atoms. The molecule has 4 nitrogen and oxygen atoms in total. The Bertz CT molecular complexity index is 519. The van der Waals surface area contributed by atoms with Crippen molar-refractivity contribution >= 4 is 6.09 Å². The molecule has 1 aromatic carbocycles. The van der Waals surface area contributed by atoms with Crippen molar-refractivity contribution in [1.82, 2.24) is 5.32 Å². The van der Waals surface area contributed by atoms with Gasteiger partial charge < -0.3 is 15.2 Å². The number of rotatable bonds is 4. The van der Waals surface area contributed by atoms with Crippen molar-refractivity contribution in [2.24, 2.45) is 0 Å². The van der Waals surface area contributed by atoms with Crippen molar-refractivity contribution in [2.45, 2.75) is 58.0 Å². The molecule has 2 atom stereocenters. The molecule has 0 aliphatic carbocycles. The molecule has 0 fully saturated rings. The lowest BCUT2D eigenvalue weighted by molar-refractivity contribution is -0.137. The number of benzene rings is 1. The second-order valence-electron chi connectivity index (χ2n) is 6.39. The Morgan fingerprint density at radius 2 is 1.74 bits per heavy atom. The molecule has 0 aromatic heterocycles. The van der Waals surface area contributed by atoms with Crippen LogP contribution in [0.1, 0.15) is 38.8 Å². The normalized spacial score (nSPS) is 15.0. The van der Waals surface area contributed by atoms with Crippen LogP contribution in [-0.4, -0.2) is 28.9 Å². The van der Waals surface area contributed by atoms with E-state index in [1.807, 2.05) is 0 Å². The zero-order chi connectivity index (χ0) is 17.8. The summed E-state index contributed by atoms with van der Waals surface area (Å²) in [6.07, 6.45) is -5.77. The molecule has 1 rings (SSSR count). The van der Waals surface area contributed by atoms with Gasteiger partial charge in [0.2, 0.25) is 0 Å². The van der Waals surface area contributed by atoms with Crippen LogP contribution in [-0.2, 0) is 17.3 Å². The van der Waals surface area contributed by atoms with E-state index in [1.54, 1.807) is 20.8 Å². The fraction of sp³-hybridized carbons (Fsp3) is 0.562. The number of alkyl carbamates (subject to hydrolysis) is 1. The second-order valence-corrected chi connectivity index (χ2v) is 6.39. The first-order valence-electron chi connectivity index (χ1n) is 7.22. The van der Waals surface area contributed by atoms with Crippen molar-refractivity contribution in [3.05, 3.63) is 35.4 Å². The van der Waals surface area contributed by atoms with Gasteiger partial charge in [-0.2, -0.15) is 13.2 Å². The predicted molar refractivity (Wildman–Crippen MR) is 80.0 cm³/mol. The van der Waals surface area contributed by atoms with Gasteiger partial charge in [0.05, 0.1) is 17.7 Å². The zero-order valence-corrected chi connectivity index (χ0v) is 13.6. The molecule has 130 valence electrons. The van der Waals surface area contributed by atoms with E-state index in [2.05, 4.69) is 5.32 Å². The Kier molecular flexibility index (Phi) is 6.04. The van der Waals surface area contributed by atoms with Gasteiger partial charge >= 0.3 is 12.3 Å². The molecule has 0 saturated carbocycles. The maximum absolute atomic E-state index is 12.5. The summed E-state index contributed by atoms with van der Waals surface area (Å²) in [5, 5.41) is 12.3. The minimum atomic E-state index is -4.39. The van der Waals surface area contributed by atoms with Crippen LogP contribution in [0.25, 0.3) is 0 Å². The fourth-order valence-electron chi connectivity index (χ4n) is 1.88. The van der Waals surface area contributed by atoms with Crippen molar-refractivity contribution < 1.29 is 27.8 Å². The lowest BCUT2D eigenvalue weighted by Gasteiger charge is -2.25. The number of alkyl halides is 3. The van der Waals surface area contributed by atoms with Gasteiger partial charge in [-0.3, -0.25) is 0 Å². The lowest BCUT2D eigenvalue weighted by Crippen LogP contribution is -2.45. The Morgan fingerprint density at radius 3 is 2.13 bits per heavy atom. The van der Waals surface area contributed by atoms with E-state index in [9.17, 15) is 23.1 Å². The Balaban J connectivity index is 2.75. The molecule has 23 heavy (non-hydrogen) atoms. The Hall–Kier alpha value is -1.76. The highest BCUT2D eigenvalue weighted by Gasteiger charge is 2.30. The highest BCUT2D eigenvalue weighted by molar-refractivity contribution is 5.68. The highest BCUT2D eigenvalue weighted by atomic mass is 19.4. The summed E-state index contributed by atoms with van der Waals surface area (Å²) in [5.41, 5.74) is -0.850. The molecular weight excluding hydrogens is 311 g/mol. The molecular formula is C16H22F3NO3. The van der Waals surface area contributed by atoms with Crippen LogP contribution < -0.4 is 5.32 Å². The predicted octanol–water partition coefficient (Wildman–Crippen LogP) is 3.52. The molecule has 1 aromatic rings. The van der Waals surface area contributed by atoms with Gasteiger partial charge in [-0.1, -0.05) is 12.1 Å². The van der Waals surface area contributed by atoms with E-state index in [4.69, 9.17) is 4.74 Å². The molecule has 0 heterocycles. The second kappa shape index (κ2) is 7.21. The van der Waals surface area contributed by atoms with Crippen molar-refractivity contribution in [2.75, 3.05) is 0 Å². The highest BCUT2D eigenvalue weighted by Crippen LogP contribution is 2.29. The molecule has 2 N–H and O–H groups in total. The number of carbonyl (C=O) groups excluding carboxylic acids is 1. The molecule has 0 saturated heterocycles. The summed E-state index contributed by atoms with van der Waals surface area (Å²) < 4.78 is 42.7. The number of ether oxygens (including phenoxy) is 1. The maximum atomic E-state index is 12.5. The van der Waals surface area contributed by atoms with Gasteiger partial charge in [-0.25, -0.2) is 4.79 Å². The van der Waals surface area contributed by atoms with Crippen LogP contribution in [0.15, 0.2) is 24.3 Å². The van der Waals surface area contributed by atoms with Gasteiger partial charge in [0.1, 0.15) is 5.60 Å². The standard InChI is InChI=1S/C16H22F3NO3/c1-10(21)13(20-14(22)23-15(2,3)4)9-11-5-7-12(8-6-11)16(17,18)19/h5-8,10,13,21H,9H2,1-4H3,(H,20,22)/t10-,13+/m1/s1. The number of halogens is 3. The molecule has 0 aliphatic heterocycles. The third-order valence-corrected chi connectivity index (χ3v) is 3.02. The molecule has 1 amide bonds. The van der Waals surface area contributed by atoms with Gasteiger partial charge in [-0.05, 0) is 51.8 Å².